The van der Waals surface area contributed by atoms with E-state index in [9.17, 15) is 24.0 Å². The number of hydrogen-bond acceptors (Lipinski definition) is 8. The van der Waals surface area contributed by atoms with Gasteiger partial charge in [-0.15, -0.1) is 0 Å². The number of aliphatic hydroxyl groups excluding tert-OH is 1. The zero-order chi connectivity index (χ0) is 21.0. The number of carbonyl (C=O) groups is 5. The third-order valence-corrected chi connectivity index (χ3v) is 3.88. The average molecular weight is 407 g/mol. The molecule has 12 nitrogen and oxygen atoms in total. The molecule has 0 aliphatic carbocycles. The third-order valence-electron chi connectivity index (χ3n) is 3.24. The van der Waals surface area contributed by atoms with Crippen molar-refractivity contribution >= 4 is 41.4 Å². The minimum absolute atomic E-state index is 0.186. The van der Waals surface area contributed by atoms with Gasteiger partial charge in [0.25, 0.3) is 0 Å². The number of nitrogens with one attached hydrogen (secondary N) is 3. The molecular formula is C14H25N5O7S. The van der Waals surface area contributed by atoms with E-state index in [1.165, 1.54) is 11.8 Å². The van der Waals surface area contributed by atoms with E-state index >= 15 is 0 Å². The maximum atomic E-state index is 12.3. The lowest BCUT2D eigenvalue weighted by atomic mass is 10.1. The van der Waals surface area contributed by atoms with Gasteiger partial charge in [-0.05, 0) is 18.4 Å². The Bertz CT molecular complexity index is 560. The molecule has 3 atom stereocenters. The highest BCUT2D eigenvalue weighted by molar-refractivity contribution is 7.98. The number of nitrogens with two attached hydrogens (primary N) is 2. The summed E-state index contributed by atoms with van der Waals surface area (Å²) in [6.45, 7) is -1.08. The van der Waals surface area contributed by atoms with Gasteiger partial charge in [-0.2, -0.15) is 11.8 Å². The highest BCUT2D eigenvalue weighted by atomic mass is 32.2. The number of aliphatic carboxylic acids is 1. The Labute approximate surface area is 159 Å². The number of hydrogen-bond donors (Lipinski definition) is 7. The van der Waals surface area contributed by atoms with E-state index in [-0.39, 0.29) is 6.42 Å². The summed E-state index contributed by atoms with van der Waals surface area (Å²) < 4.78 is 0. The molecule has 0 aliphatic heterocycles. The monoisotopic (exact) mass is 407 g/mol. The van der Waals surface area contributed by atoms with Crippen LogP contribution in [0.25, 0.3) is 0 Å². The molecule has 0 spiro atoms. The molecule has 154 valence electrons. The van der Waals surface area contributed by atoms with Crippen LogP contribution in [0.2, 0.25) is 0 Å². The molecule has 0 rings (SSSR count). The lowest BCUT2D eigenvalue weighted by Gasteiger charge is -2.21. The first-order valence-corrected chi connectivity index (χ1v) is 9.25. The molecule has 0 heterocycles. The van der Waals surface area contributed by atoms with Crippen LogP contribution < -0.4 is 27.4 Å². The van der Waals surface area contributed by atoms with Gasteiger partial charge in [0, 0.05) is 0 Å². The van der Waals surface area contributed by atoms with Gasteiger partial charge in [-0.25, -0.2) is 4.79 Å². The second-order valence-corrected chi connectivity index (χ2v) is 6.46. The van der Waals surface area contributed by atoms with E-state index in [1.807, 2.05) is 0 Å². The number of rotatable bonds is 13. The normalized spacial score (nSPS) is 13.7. The molecule has 13 heteroatoms. The zero-order valence-corrected chi connectivity index (χ0v) is 15.6. The van der Waals surface area contributed by atoms with Crippen molar-refractivity contribution in [3.63, 3.8) is 0 Å². The fourth-order valence-electron chi connectivity index (χ4n) is 1.80. The lowest BCUT2D eigenvalue weighted by molar-refractivity contribution is -0.143. The molecule has 3 unspecified atom stereocenters. The first kappa shape index (κ1) is 24.6. The van der Waals surface area contributed by atoms with E-state index in [2.05, 4.69) is 16.0 Å². The Morgan fingerprint density at radius 3 is 2.19 bits per heavy atom. The topological polar surface area (TPSA) is 214 Å². The van der Waals surface area contributed by atoms with Crippen molar-refractivity contribution in [3.8, 4) is 0 Å². The van der Waals surface area contributed by atoms with Crippen LogP contribution in [0.3, 0.4) is 0 Å². The fraction of sp³-hybridized carbons (Fsp3) is 0.643. The van der Waals surface area contributed by atoms with E-state index < -0.39 is 67.3 Å². The second-order valence-electron chi connectivity index (χ2n) is 5.48. The van der Waals surface area contributed by atoms with Gasteiger partial charge in [0.2, 0.25) is 23.6 Å². The van der Waals surface area contributed by atoms with Crippen molar-refractivity contribution in [2.45, 2.75) is 31.0 Å². The van der Waals surface area contributed by atoms with Crippen LogP contribution in [0.5, 0.6) is 0 Å². The van der Waals surface area contributed by atoms with Gasteiger partial charge in [0.1, 0.15) is 18.1 Å². The van der Waals surface area contributed by atoms with Crippen LogP contribution in [0.15, 0.2) is 0 Å². The smallest absolute Gasteiger partial charge is 0.326 e. The minimum atomic E-state index is -1.52. The van der Waals surface area contributed by atoms with Gasteiger partial charge in [0.15, 0.2) is 0 Å². The van der Waals surface area contributed by atoms with Crippen molar-refractivity contribution < 1.29 is 34.2 Å². The average Bonchev–Trinajstić information content (AvgIpc) is 2.61. The minimum Gasteiger partial charge on any atom is -0.480 e. The number of carboxylic acids is 1. The molecule has 0 aromatic carbocycles. The lowest BCUT2D eigenvalue weighted by Crippen LogP contribution is -2.54. The predicted octanol–water partition coefficient (Wildman–Crippen LogP) is -3.90. The Morgan fingerprint density at radius 2 is 1.70 bits per heavy atom. The standard InChI is InChI=1S/C14H25N5O7S/c1-27-3-2-8(13(24)19-9(14(25)26)4-10(16)21)18-11(22)5-17-12(23)7(15)6-20/h7-9,20H,2-6,15H2,1H3,(H2,16,21)(H,17,23)(H,18,22)(H,19,24)(H,25,26). The number of aliphatic hydroxyl groups is 1. The largest absolute Gasteiger partial charge is 0.480 e. The summed E-state index contributed by atoms with van der Waals surface area (Å²) in [5.41, 5.74) is 10.2. The van der Waals surface area contributed by atoms with Crippen molar-refractivity contribution in [2.24, 2.45) is 11.5 Å². The van der Waals surface area contributed by atoms with E-state index in [4.69, 9.17) is 21.7 Å². The van der Waals surface area contributed by atoms with Crippen molar-refractivity contribution in [2.75, 3.05) is 25.2 Å². The van der Waals surface area contributed by atoms with E-state index in [1.54, 1.807) is 6.26 Å². The van der Waals surface area contributed by atoms with Crippen molar-refractivity contribution in [3.05, 3.63) is 0 Å². The van der Waals surface area contributed by atoms with Crippen molar-refractivity contribution in [1.29, 1.82) is 0 Å². The molecule has 4 amide bonds. The van der Waals surface area contributed by atoms with Gasteiger partial charge in [-0.3, -0.25) is 19.2 Å². The first-order valence-electron chi connectivity index (χ1n) is 7.86. The van der Waals surface area contributed by atoms with Crippen LogP contribution >= 0.6 is 11.8 Å². The van der Waals surface area contributed by atoms with E-state index in [0.29, 0.717) is 5.75 Å². The van der Waals surface area contributed by atoms with Crippen LogP contribution in [-0.4, -0.2) is 83.1 Å². The molecule has 0 aromatic rings. The number of amides is 4. The highest BCUT2D eigenvalue weighted by Gasteiger charge is 2.27. The molecule has 0 radical (unpaired) electrons. The molecule has 0 bridgehead atoms. The summed E-state index contributed by atoms with van der Waals surface area (Å²) in [5, 5.41) is 24.5. The van der Waals surface area contributed by atoms with Crippen LogP contribution in [0, 0.1) is 0 Å². The molecule has 0 fully saturated rings. The number of carboxylic acid groups (broad SMARTS) is 1. The van der Waals surface area contributed by atoms with Gasteiger partial charge in [-0.1, -0.05) is 0 Å². The molecule has 0 aromatic heterocycles. The van der Waals surface area contributed by atoms with E-state index in [0.717, 1.165) is 0 Å². The Hall–Kier alpha value is -2.38. The quantitative estimate of drug-likeness (QED) is 0.159. The molecule has 9 N–H and O–H groups in total. The Morgan fingerprint density at radius 1 is 1.07 bits per heavy atom. The molecule has 0 saturated carbocycles. The Kier molecular flexibility index (Phi) is 11.8. The Balaban J connectivity index is 4.86. The first-order chi connectivity index (χ1) is 12.6. The second kappa shape index (κ2) is 12.9. The molecule has 27 heavy (non-hydrogen) atoms. The number of thioether (sulfide) groups is 1. The predicted molar refractivity (Wildman–Crippen MR) is 96.4 cm³/mol. The summed E-state index contributed by atoms with van der Waals surface area (Å²) in [6.07, 6.45) is 1.37. The zero-order valence-electron chi connectivity index (χ0n) is 14.8. The molecular weight excluding hydrogens is 382 g/mol. The summed E-state index contributed by atoms with van der Waals surface area (Å²) >= 11 is 1.40. The summed E-state index contributed by atoms with van der Waals surface area (Å²) in [4.78, 5) is 57.7. The van der Waals surface area contributed by atoms with Gasteiger partial charge >= 0.3 is 5.97 Å². The maximum Gasteiger partial charge on any atom is 0.326 e. The molecule has 0 saturated heterocycles. The van der Waals surface area contributed by atoms with Crippen LogP contribution in [0.1, 0.15) is 12.8 Å². The highest BCUT2D eigenvalue weighted by Crippen LogP contribution is 2.03. The van der Waals surface area contributed by atoms with Crippen molar-refractivity contribution in [1.82, 2.24) is 16.0 Å². The maximum absolute atomic E-state index is 12.3. The molecule has 0 aliphatic rings. The summed E-state index contributed by atoms with van der Waals surface area (Å²) in [6, 6.07) is -3.78. The van der Waals surface area contributed by atoms with Crippen LogP contribution in [0.4, 0.5) is 0 Å². The van der Waals surface area contributed by atoms with Crippen LogP contribution in [-0.2, 0) is 24.0 Å². The fourth-order valence-corrected chi connectivity index (χ4v) is 2.28. The number of carbonyl (C=O) groups excluding carboxylic acids is 4. The third kappa shape index (κ3) is 10.4. The summed E-state index contributed by atoms with van der Waals surface area (Å²) in [7, 11) is 0. The SMILES string of the molecule is CSCCC(NC(=O)CNC(=O)C(N)CO)C(=O)NC(CC(N)=O)C(=O)O. The summed E-state index contributed by atoms with van der Waals surface area (Å²) in [5.74, 6) is -4.13. The number of primary amides is 1. The van der Waals surface area contributed by atoms with Gasteiger partial charge < -0.3 is 37.6 Å². The van der Waals surface area contributed by atoms with Gasteiger partial charge in [0.05, 0.1) is 19.6 Å².